The van der Waals surface area contributed by atoms with Gasteiger partial charge in [-0.05, 0) is 6.92 Å². The van der Waals surface area contributed by atoms with Crippen LogP contribution in [0.5, 0.6) is 11.5 Å². The van der Waals surface area contributed by atoms with Crippen molar-refractivity contribution >= 4 is 11.4 Å². The molecule has 0 spiro atoms. The summed E-state index contributed by atoms with van der Waals surface area (Å²) in [4.78, 5) is 10.0. The van der Waals surface area contributed by atoms with E-state index in [1.54, 1.807) is 6.92 Å². The summed E-state index contributed by atoms with van der Waals surface area (Å²) in [7, 11) is 1.41. The number of nitrogens with two attached hydrogens (primary N) is 1. The first kappa shape index (κ1) is 11.1. The van der Waals surface area contributed by atoms with Gasteiger partial charge in [0.2, 0.25) is 0 Å². The molecule has 0 bridgehead atoms. The molecule has 0 amide bonds. The summed E-state index contributed by atoms with van der Waals surface area (Å²) in [6.07, 6.45) is 0. The van der Waals surface area contributed by atoms with Gasteiger partial charge in [0.05, 0.1) is 24.7 Å². The van der Waals surface area contributed by atoms with Crippen LogP contribution >= 0.6 is 0 Å². The van der Waals surface area contributed by atoms with Crippen molar-refractivity contribution in [2.45, 2.75) is 6.92 Å². The molecule has 2 N–H and O–H groups in total. The van der Waals surface area contributed by atoms with Gasteiger partial charge in [-0.1, -0.05) is 0 Å². The lowest BCUT2D eigenvalue weighted by molar-refractivity contribution is -0.384. The smallest absolute Gasteiger partial charge is 0.296 e. The highest BCUT2D eigenvalue weighted by molar-refractivity contribution is 5.65. The summed E-state index contributed by atoms with van der Waals surface area (Å²) in [5, 5.41) is 10.6. The summed E-state index contributed by atoms with van der Waals surface area (Å²) in [6, 6.07) is 2.64. The molecular weight excluding hydrogens is 200 g/mol. The molecular formula is C9H12N2O4. The Morgan fingerprint density at radius 3 is 2.60 bits per heavy atom. The Morgan fingerprint density at radius 1 is 1.47 bits per heavy atom. The summed E-state index contributed by atoms with van der Waals surface area (Å²) >= 11 is 0. The molecule has 0 aliphatic heterocycles. The average Bonchev–Trinajstić information content (AvgIpc) is 2.18. The normalized spacial score (nSPS) is 9.73. The van der Waals surface area contributed by atoms with E-state index in [2.05, 4.69) is 0 Å². The fraction of sp³-hybridized carbons (Fsp3) is 0.333. The molecule has 0 saturated heterocycles. The molecule has 0 aliphatic rings. The monoisotopic (exact) mass is 212 g/mol. The quantitative estimate of drug-likeness (QED) is 0.465. The molecule has 0 aromatic heterocycles. The number of ether oxygens (including phenoxy) is 2. The van der Waals surface area contributed by atoms with Crippen molar-refractivity contribution in [1.82, 2.24) is 0 Å². The number of methoxy groups -OCH3 is 1. The zero-order valence-electron chi connectivity index (χ0n) is 8.52. The van der Waals surface area contributed by atoms with Crippen LogP contribution in [-0.2, 0) is 0 Å². The second-order valence-electron chi connectivity index (χ2n) is 2.75. The first-order valence-electron chi connectivity index (χ1n) is 4.34. The highest BCUT2D eigenvalue weighted by atomic mass is 16.6. The Morgan fingerprint density at radius 2 is 2.13 bits per heavy atom. The Bertz CT molecular complexity index is 379. The number of anilines is 1. The fourth-order valence-electron chi connectivity index (χ4n) is 1.15. The van der Waals surface area contributed by atoms with Gasteiger partial charge in [-0.15, -0.1) is 0 Å². The van der Waals surface area contributed by atoms with E-state index in [4.69, 9.17) is 15.2 Å². The largest absolute Gasteiger partial charge is 0.493 e. The minimum absolute atomic E-state index is 0.0595. The van der Waals surface area contributed by atoms with Gasteiger partial charge < -0.3 is 15.2 Å². The molecule has 15 heavy (non-hydrogen) atoms. The molecule has 0 aliphatic carbocycles. The lowest BCUT2D eigenvalue weighted by Gasteiger charge is -2.09. The maximum Gasteiger partial charge on any atom is 0.296 e. The minimum atomic E-state index is -0.562. The van der Waals surface area contributed by atoms with E-state index in [0.29, 0.717) is 18.1 Å². The Labute approximate surface area is 86.7 Å². The van der Waals surface area contributed by atoms with Gasteiger partial charge in [0.1, 0.15) is 5.69 Å². The van der Waals surface area contributed by atoms with Gasteiger partial charge >= 0.3 is 0 Å². The van der Waals surface area contributed by atoms with Gasteiger partial charge in [0.25, 0.3) is 5.69 Å². The number of rotatable bonds is 4. The van der Waals surface area contributed by atoms with Gasteiger partial charge in [0, 0.05) is 6.07 Å². The maximum atomic E-state index is 10.6. The number of nitro benzene ring substituents is 1. The van der Waals surface area contributed by atoms with E-state index < -0.39 is 4.92 Å². The average molecular weight is 212 g/mol. The third kappa shape index (κ3) is 2.28. The number of hydrogen-bond donors (Lipinski definition) is 1. The topological polar surface area (TPSA) is 87.6 Å². The van der Waals surface area contributed by atoms with E-state index in [-0.39, 0.29) is 11.4 Å². The summed E-state index contributed by atoms with van der Waals surface area (Å²) in [5.41, 5.74) is 5.37. The lowest BCUT2D eigenvalue weighted by Crippen LogP contribution is -2.00. The predicted octanol–water partition coefficient (Wildman–Crippen LogP) is 1.58. The number of benzene rings is 1. The number of nitrogen functional groups attached to an aromatic ring is 1. The molecule has 0 fully saturated rings. The second-order valence-corrected chi connectivity index (χ2v) is 2.75. The van der Waals surface area contributed by atoms with E-state index >= 15 is 0 Å². The van der Waals surface area contributed by atoms with Crippen molar-refractivity contribution in [2.24, 2.45) is 0 Å². The standard InChI is InChI=1S/C9H12N2O4/c1-3-15-9-4-6(10)7(11(12)13)5-8(9)14-2/h4-5H,3,10H2,1-2H3. The third-order valence-corrected chi connectivity index (χ3v) is 1.81. The van der Waals surface area contributed by atoms with Crippen LogP contribution in [0.4, 0.5) is 11.4 Å². The van der Waals surface area contributed by atoms with E-state index in [0.717, 1.165) is 0 Å². The molecule has 0 radical (unpaired) electrons. The Hall–Kier alpha value is -1.98. The molecule has 0 saturated carbocycles. The van der Waals surface area contributed by atoms with Crippen LogP contribution < -0.4 is 15.2 Å². The van der Waals surface area contributed by atoms with Gasteiger partial charge in [-0.3, -0.25) is 10.1 Å². The van der Waals surface area contributed by atoms with Gasteiger partial charge in [-0.25, -0.2) is 0 Å². The molecule has 0 unspecified atom stereocenters. The maximum absolute atomic E-state index is 10.6. The molecule has 1 rings (SSSR count). The molecule has 0 heterocycles. The van der Waals surface area contributed by atoms with Crippen molar-refractivity contribution < 1.29 is 14.4 Å². The van der Waals surface area contributed by atoms with Crippen LogP contribution in [0.2, 0.25) is 0 Å². The van der Waals surface area contributed by atoms with Gasteiger partial charge in [-0.2, -0.15) is 0 Å². The zero-order valence-corrected chi connectivity index (χ0v) is 8.52. The highest BCUT2D eigenvalue weighted by Gasteiger charge is 2.17. The van der Waals surface area contributed by atoms with Crippen LogP contribution in [0.1, 0.15) is 6.92 Å². The van der Waals surface area contributed by atoms with Crippen LogP contribution in [-0.4, -0.2) is 18.6 Å². The number of nitrogens with zero attached hydrogens (tertiary/aromatic N) is 1. The van der Waals surface area contributed by atoms with Crippen LogP contribution in [0.25, 0.3) is 0 Å². The molecule has 1 aromatic rings. The van der Waals surface area contributed by atoms with E-state index in [1.807, 2.05) is 0 Å². The number of nitro groups is 1. The molecule has 6 nitrogen and oxygen atoms in total. The van der Waals surface area contributed by atoms with Gasteiger partial charge in [0.15, 0.2) is 11.5 Å². The van der Waals surface area contributed by atoms with Crippen LogP contribution in [0.3, 0.4) is 0 Å². The number of hydrogen-bond acceptors (Lipinski definition) is 5. The first-order valence-corrected chi connectivity index (χ1v) is 4.34. The van der Waals surface area contributed by atoms with Crippen molar-refractivity contribution in [1.29, 1.82) is 0 Å². The second kappa shape index (κ2) is 4.50. The highest BCUT2D eigenvalue weighted by Crippen LogP contribution is 2.35. The Balaban J connectivity index is 3.22. The molecule has 1 aromatic carbocycles. The molecule has 0 atom stereocenters. The Kier molecular flexibility index (Phi) is 3.33. The van der Waals surface area contributed by atoms with E-state index in [9.17, 15) is 10.1 Å². The molecule has 82 valence electrons. The molecule has 6 heteroatoms. The van der Waals surface area contributed by atoms with Crippen molar-refractivity contribution in [2.75, 3.05) is 19.5 Å². The third-order valence-electron chi connectivity index (χ3n) is 1.81. The lowest BCUT2D eigenvalue weighted by atomic mass is 10.2. The summed E-state index contributed by atoms with van der Waals surface area (Å²) < 4.78 is 10.2. The first-order chi connectivity index (χ1) is 7.10. The fourth-order valence-corrected chi connectivity index (χ4v) is 1.15. The summed E-state index contributed by atoms with van der Waals surface area (Å²) in [5.74, 6) is 0.709. The summed E-state index contributed by atoms with van der Waals surface area (Å²) in [6.45, 7) is 2.24. The van der Waals surface area contributed by atoms with Crippen LogP contribution in [0, 0.1) is 10.1 Å². The zero-order chi connectivity index (χ0) is 11.4. The van der Waals surface area contributed by atoms with Crippen LogP contribution in [0.15, 0.2) is 12.1 Å². The predicted molar refractivity (Wildman–Crippen MR) is 55.2 cm³/mol. The SMILES string of the molecule is CCOc1cc(N)c([N+](=O)[O-])cc1OC. The van der Waals surface area contributed by atoms with E-state index in [1.165, 1.54) is 19.2 Å². The minimum Gasteiger partial charge on any atom is -0.493 e. The van der Waals surface area contributed by atoms with Crippen molar-refractivity contribution in [3.05, 3.63) is 22.2 Å². The van der Waals surface area contributed by atoms with Crippen molar-refractivity contribution in [3.8, 4) is 11.5 Å². The van der Waals surface area contributed by atoms with Crippen molar-refractivity contribution in [3.63, 3.8) is 0 Å².